The van der Waals surface area contributed by atoms with Crippen LogP contribution in [0, 0.1) is 0 Å². The van der Waals surface area contributed by atoms with Gasteiger partial charge < -0.3 is 10.4 Å². The average Bonchev–Trinajstić information content (AvgIpc) is 1.99. The summed E-state index contributed by atoms with van der Waals surface area (Å²) in [7, 11) is 0. The highest BCUT2D eigenvalue weighted by molar-refractivity contribution is 5.88. The Hall–Kier alpha value is -1.06. The molecule has 0 fully saturated rings. The minimum Gasteiger partial charge on any atom is -0.411 e. The van der Waals surface area contributed by atoms with Gasteiger partial charge in [0.2, 0.25) is 0 Å². The van der Waals surface area contributed by atoms with E-state index >= 15 is 0 Å². The van der Waals surface area contributed by atoms with Crippen molar-refractivity contribution in [3.63, 3.8) is 0 Å². The maximum Gasteiger partial charge on any atom is 0.0543 e. The predicted molar refractivity (Wildman–Crippen MR) is 39.0 cm³/mol. The van der Waals surface area contributed by atoms with Gasteiger partial charge >= 0.3 is 0 Å². The Balaban J connectivity index is 3.56. The molecule has 0 aromatic carbocycles. The van der Waals surface area contributed by atoms with Crippen molar-refractivity contribution in [1.82, 2.24) is 0 Å². The molecule has 0 aromatic heterocycles. The Labute approximate surface area is 59.9 Å². The van der Waals surface area contributed by atoms with E-state index in [2.05, 4.69) is 10.3 Å². The van der Waals surface area contributed by atoms with Crippen molar-refractivity contribution in [3.8, 4) is 0 Å². The van der Waals surface area contributed by atoms with Gasteiger partial charge in [0.15, 0.2) is 0 Å². The summed E-state index contributed by atoms with van der Waals surface area (Å²) in [6.45, 7) is 3.43. The lowest BCUT2D eigenvalue weighted by atomic mass is 10.2. The van der Waals surface area contributed by atoms with Crippen LogP contribution in [-0.4, -0.2) is 21.8 Å². The maximum absolute atomic E-state index is 8.21. The van der Waals surface area contributed by atoms with Gasteiger partial charge in [-0.25, -0.2) is 0 Å². The third kappa shape index (κ3) is 3.88. The van der Waals surface area contributed by atoms with Crippen LogP contribution >= 0.6 is 0 Å². The molecular weight excluding hydrogens is 132 g/mol. The monoisotopic (exact) mass is 144 g/mol. The van der Waals surface area contributed by atoms with Crippen molar-refractivity contribution in [2.45, 2.75) is 26.7 Å². The van der Waals surface area contributed by atoms with Crippen molar-refractivity contribution >= 4 is 11.4 Å². The van der Waals surface area contributed by atoms with E-state index in [0.29, 0.717) is 24.3 Å². The molecule has 0 heterocycles. The second-order valence-corrected chi connectivity index (χ2v) is 2.17. The first-order valence-electron chi connectivity index (χ1n) is 3.05. The van der Waals surface area contributed by atoms with Gasteiger partial charge in [-0.2, -0.15) is 0 Å². The molecule has 0 rings (SSSR count). The predicted octanol–water partition coefficient (Wildman–Crippen LogP) is 1.47. The van der Waals surface area contributed by atoms with E-state index in [1.807, 2.05) is 0 Å². The van der Waals surface area contributed by atoms with Gasteiger partial charge in [-0.1, -0.05) is 10.3 Å². The van der Waals surface area contributed by atoms with Gasteiger partial charge in [-0.3, -0.25) is 0 Å². The van der Waals surface area contributed by atoms with E-state index in [0.717, 1.165) is 0 Å². The van der Waals surface area contributed by atoms with Crippen LogP contribution in [0.2, 0.25) is 0 Å². The summed E-state index contributed by atoms with van der Waals surface area (Å²) in [5.41, 5.74) is 1.28. The van der Waals surface area contributed by atoms with E-state index in [1.54, 1.807) is 13.8 Å². The third-order valence-electron chi connectivity index (χ3n) is 1.19. The molecule has 10 heavy (non-hydrogen) atoms. The van der Waals surface area contributed by atoms with Gasteiger partial charge in [0.05, 0.1) is 11.4 Å². The standard InChI is InChI=1S/C6H12N2O2/c1-5(7-9)3-4-6(2)8-10/h9-10H,3-4H2,1-2H3. The van der Waals surface area contributed by atoms with Crippen LogP contribution in [0.4, 0.5) is 0 Å². The fraction of sp³-hybridized carbons (Fsp3) is 0.667. The molecule has 0 saturated heterocycles. The molecule has 0 aliphatic heterocycles. The Morgan fingerprint density at radius 3 is 1.50 bits per heavy atom. The molecule has 0 atom stereocenters. The fourth-order valence-electron chi connectivity index (χ4n) is 0.462. The minimum atomic E-state index is 0.631. The van der Waals surface area contributed by atoms with Crippen LogP contribution < -0.4 is 0 Å². The molecule has 0 radical (unpaired) electrons. The van der Waals surface area contributed by atoms with E-state index in [9.17, 15) is 0 Å². The van der Waals surface area contributed by atoms with Gasteiger partial charge in [0, 0.05) is 0 Å². The van der Waals surface area contributed by atoms with Gasteiger partial charge in [-0.05, 0) is 26.7 Å². The van der Waals surface area contributed by atoms with E-state index in [4.69, 9.17) is 10.4 Å². The normalized spacial score (nSPS) is 13.8. The van der Waals surface area contributed by atoms with Crippen molar-refractivity contribution < 1.29 is 10.4 Å². The topological polar surface area (TPSA) is 65.2 Å². The Kier molecular flexibility index (Phi) is 4.28. The quantitative estimate of drug-likeness (QED) is 0.358. The zero-order chi connectivity index (χ0) is 7.98. The lowest BCUT2D eigenvalue weighted by molar-refractivity contribution is 0.315. The summed E-state index contributed by atoms with van der Waals surface area (Å²) in [5.74, 6) is 0. The number of rotatable bonds is 3. The van der Waals surface area contributed by atoms with Crippen LogP contribution in [0.1, 0.15) is 26.7 Å². The van der Waals surface area contributed by atoms with E-state index in [-0.39, 0.29) is 0 Å². The number of nitrogens with zero attached hydrogens (tertiary/aromatic N) is 2. The molecule has 0 bridgehead atoms. The van der Waals surface area contributed by atoms with Gasteiger partial charge in [0.1, 0.15) is 0 Å². The molecule has 58 valence electrons. The van der Waals surface area contributed by atoms with Crippen molar-refractivity contribution in [2.24, 2.45) is 10.3 Å². The first-order valence-corrected chi connectivity index (χ1v) is 3.05. The zero-order valence-electron chi connectivity index (χ0n) is 6.20. The van der Waals surface area contributed by atoms with E-state index in [1.165, 1.54) is 0 Å². The second-order valence-electron chi connectivity index (χ2n) is 2.17. The summed E-state index contributed by atoms with van der Waals surface area (Å²) in [6.07, 6.45) is 1.26. The average molecular weight is 144 g/mol. The van der Waals surface area contributed by atoms with Crippen molar-refractivity contribution in [1.29, 1.82) is 0 Å². The lowest BCUT2D eigenvalue weighted by Gasteiger charge is -1.95. The van der Waals surface area contributed by atoms with Crippen molar-refractivity contribution in [2.75, 3.05) is 0 Å². The Morgan fingerprint density at radius 1 is 1.00 bits per heavy atom. The fourth-order valence-corrected chi connectivity index (χ4v) is 0.462. The molecule has 0 saturated carbocycles. The van der Waals surface area contributed by atoms with Crippen molar-refractivity contribution in [3.05, 3.63) is 0 Å². The Morgan fingerprint density at radius 2 is 1.30 bits per heavy atom. The summed E-state index contributed by atoms with van der Waals surface area (Å²) < 4.78 is 0. The molecule has 0 amide bonds. The van der Waals surface area contributed by atoms with Crippen LogP contribution in [0.25, 0.3) is 0 Å². The molecule has 0 aliphatic rings. The van der Waals surface area contributed by atoms with Crippen LogP contribution in [0.3, 0.4) is 0 Å². The highest BCUT2D eigenvalue weighted by Gasteiger charge is 1.94. The lowest BCUT2D eigenvalue weighted by Crippen LogP contribution is -1.97. The van der Waals surface area contributed by atoms with Gasteiger partial charge in [-0.15, -0.1) is 0 Å². The Bertz CT molecular complexity index is 134. The highest BCUT2D eigenvalue weighted by Crippen LogP contribution is 1.94. The number of hydrogen-bond acceptors (Lipinski definition) is 4. The van der Waals surface area contributed by atoms with Crippen LogP contribution in [0.5, 0.6) is 0 Å². The first kappa shape index (κ1) is 8.94. The smallest absolute Gasteiger partial charge is 0.0543 e. The molecule has 4 heteroatoms. The summed E-state index contributed by atoms with van der Waals surface area (Å²) in [5, 5.41) is 22.4. The highest BCUT2D eigenvalue weighted by atomic mass is 16.4. The number of hydrogen-bond donors (Lipinski definition) is 2. The molecule has 0 aliphatic carbocycles. The largest absolute Gasteiger partial charge is 0.411 e. The second kappa shape index (κ2) is 4.78. The molecular formula is C6H12N2O2. The van der Waals surface area contributed by atoms with E-state index < -0.39 is 0 Å². The zero-order valence-corrected chi connectivity index (χ0v) is 6.20. The summed E-state index contributed by atoms with van der Waals surface area (Å²) >= 11 is 0. The third-order valence-corrected chi connectivity index (χ3v) is 1.19. The van der Waals surface area contributed by atoms with Gasteiger partial charge in [0.25, 0.3) is 0 Å². The molecule has 0 aromatic rings. The maximum atomic E-state index is 8.21. The van der Waals surface area contributed by atoms with Crippen LogP contribution in [-0.2, 0) is 0 Å². The molecule has 0 unspecified atom stereocenters. The first-order chi connectivity index (χ1) is 4.70. The number of oxime groups is 2. The molecule has 0 spiro atoms. The summed E-state index contributed by atoms with van der Waals surface area (Å²) in [6, 6.07) is 0. The van der Waals surface area contributed by atoms with Crippen LogP contribution in [0.15, 0.2) is 10.3 Å². The minimum absolute atomic E-state index is 0.631. The molecule has 2 N–H and O–H groups in total. The molecule has 4 nitrogen and oxygen atoms in total. The summed E-state index contributed by atoms with van der Waals surface area (Å²) in [4.78, 5) is 0. The SMILES string of the molecule is CC(CCC(C)=NO)=NO.